The average molecular weight is 669 g/mol. The molecule has 0 unspecified atom stereocenters. The Kier molecular flexibility index (Phi) is 7.42. The van der Waals surface area contributed by atoms with E-state index in [2.05, 4.69) is 26.0 Å². The predicted octanol–water partition coefficient (Wildman–Crippen LogP) is 3.87. The van der Waals surface area contributed by atoms with E-state index < -0.39 is 0 Å². The number of nitrogens with zero attached hydrogens (tertiary/aromatic N) is 6. The molecule has 6 rings (SSSR count). The van der Waals surface area contributed by atoms with E-state index in [9.17, 15) is 30.6 Å². The predicted molar refractivity (Wildman–Crippen MR) is 179 cm³/mol. The SMILES string of the molecule is CCn1c(=C(C#N)C#N)s/c(=C\c2cc3c(s2)-c2sc4cc(/C=c5\sc(=C(C#N)C#N)n(CC)c5=O)sc4c2C3(C)C)c1=O. The summed E-state index contributed by atoms with van der Waals surface area (Å²) in [5.74, 6) is 0. The second-order valence-electron chi connectivity index (χ2n) is 10.3. The summed E-state index contributed by atoms with van der Waals surface area (Å²) in [6, 6.07) is 11.8. The Labute approximate surface area is 270 Å². The van der Waals surface area contributed by atoms with Gasteiger partial charge in [0.05, 0.1) is 18.6 Å². The number of hydrogen-bond acceptors (Lipinski definition) is 11. The number of thiophene rings is 3. The molecule has 0 fully saturated rings. The summed E-state index contributed by atoms with van der Waals surface area (Å²) in [7, 11) is 0. The quantitative estimate of drug-likeness (QED) is 0.285. The molecule has 0 saturated carbocycles. The van der Waals surface area contributed by atoms with Crippen LogP contribution in [0.1, 0.15) is 48.6 Å². The highest BCUT2D eigenvalue weighted by Crippen LogP contribution is 2.59. The fourth-order valence-corrected chi connectivity index (χ4v) is 12.1. The van der Waals surface area contributed by atoms with Crippen molar-refractivity contribution >= 4 is 89.4 Å². The highest BCUT2D eigenvalue weighted by molar-refractivity contribution is 7.32. The standard InChI is InChI=1S/C31H20N6O2S5/c1-5-36-27(38)21(43-29(36)15(11-32)12-33)9-17-7-19-24(40-17)26-23(31(19,3)4)25-20(42-26)8-18(41-25)10-22-28(39)37(6-2)30(44-22)16(13-34)14-35/h7-10H,5-6H2,1-4H3/b21-9-,22-10-. The number of nitriles is 4. The lowest BCUT2D eigenvalue weighted by atomic mass is 9.84. The van der Waals surface area contributed by atoms with Gasteiger partial charge in [0.25, 0.3) is 11.1 Å². The highest BCUT2D eigenvalue weighted by atomic mass is 32.1. The summed E-state index contributed by atoms with van der Waals surface area (Å²) in [4.78, 5) is 30.4. The van der Waals surface area contributed by atoms with Crippen LogP contribution in [0, 0.1) is 45.3 Å². The monoisotopic (exact) mass is 668 g/mol. The third kappa shape index (κ3) is 4.37. The zero-order valence-electron chi connectivity index (χ0n) is 23.8. The number of aromatic nitrogens is 2. The molecule has 13 heteroatoms. The molecule has 0 amide bonds. The maximum absolute atomic E-state index is 13.1. The number of rotatable bonds is 4. The molecule has 1 aliphatic rings. The summed E-state index contributed by atoms with van der Waals surface area (Å²) in [6.45, 7) is 8.78. The molecule has 5 aromatic heterocycles. The van der Waals surface area contributed by atoms with Crippen LogP contribution in [0.2, 0.25) is 0 Å². The molecule has 216 valence electrons. The van der Waals surface area contributed by atoms with E-state index in [4.69, 9.17) is 0 Å². The molecule has 0 N–H and O–H groups in total. The van der Waals surface area contributed by atoms with Gasteiger partial charge in [0.1, 0.15) is 33.6 Å². The fraction of sp³-hybridized carbons (Fsp3) is 0.226. The second kappa shape index (κ2) is 11.0. The molecule has 0 aromatic carbocycles. The van der Waals surface area contributed by atoms with Gasteiger partial charge in [-0.3, -0.25) is 18.7 Å². The van der Waals surface area contributed by atoms with Crippen LogP contribution < -0.4 is 29.5 Å². The Balaban J connectivity index is 1.47. The Morgan fingerprint density at radius 2 is 1.25 bits per heavy atom. The van der Waals surface area contributed by atoms with Gasteiger partial charge in [-0.2, -0.15) is 21.0 Å². The van der Waals surface area contributed by atoms with E-state index in [0.29, 0.717) is 31.5 Å². The fourth-order valence-electron chi connectivity index (χ4n) is 5.44. The smallest absolute Gasteiger partial charge is 0.269 e. The minimum absolute atomic E-state index is 0.0636. The van der Waals surface area contributed by atoms with Gasteiger partial charge in [0.2, 0.25) is 0 Å². The molecule has 0 atom stereocenters. The zero-order chi connectivity index (χ0) is 31.5. The molecule has 0 aliphatic heterocycles. The van der Waals surface area contributed by atoms with Gasteiger partial charge in [-0.05, 0) is 49.3 Å². The van der Waals surface area contributed by atoms with Crippen molar-refractivity contribution in [2.45, 2.75) is 46.2 Å². The van der Waals surface area contributed by atoms with Crippen LogP contribution in [0.3, 0.4) is 0 Å². The summed E-state index contributed by atoms with van der Waals surface area (Å²) in [6.07, 6.45) is 3.71. The molecular formula is C31H20N6O2S5. The van der Waals surface area contributed by atoms with E-state index in [1.165, 1.54) is 57.4 Å². The molecular weight excluding hydrogens is 649 g/mol. The Morgan fingerprint density at radius 3 is 1.73 bits per heavy atom. The topological polar surface area (TPSA) is 139 Å². The van der Waals surface area contributed by atoms with Crippen LogP contribution in [0.5, 0.6) is 0 Å². The first-order chi connectivity index (χ1) is 21.1. The minimum Gasteiger partial charge on any atom is -0.298 e. The van der Waals surface area contributed by atoms with Gasteiger partial charge in [-0.1, -0.05) is 13.8 Å². The van der Waals surface area contributed by atoms with Gasteiger partial charge < -0.3 is 0 Å². The Hall–Kier alpha value is -4.34. The van der Waals surface area contributed by atoms with Crippen molar-refractivity contribution in [3.8, 4) is 34.0 Å². The largest absolute Gasteiger partial charge is 0.298 e. The van der Waals surface area contributed by atoms with Crippen LogP contribution in [-0.2, 0) is 18.5 Å². The minimum atomic E-state index is -0.283. The lowest BCUT2D eigenvalue weighted by Gasteiger charge is -2.19. The summed E-state index contributed by atoms with van der Waals surface area (Å²) >= 11 is 7.31. The molecule has 0 radical (unpaired) electrons. The molecule has 8 nitrogen and oxygen atoms in total. The third-order valence-electron chi connectivity index (χ3n) is 7.51. The lowest BCUT2D eigenvalue weighted by molar-refractivity contribution is 0.669. The molecule has 1 aliphatic carbocycles. The van der Waals surface area contributed by atoms with Gasteiger partial charge in [-0.25, -0.2) is 0 Å². The number of thiazole rings is 2. The van der Waals surface area contributed by atoms with Crippen molar-refractivity contribution in [2.75, 3.05) is 0 Å². The molecule has 0 bridgehead atoms. The summed E-state index contributed by atoms with van der Waals surface area (Å²) < 4.78 is 6.99. The van der Waals surface area contributed by atoms with Crippen molar-refractivity contribution in [2.24, 2.45) is 0 Å². The average Bonchev–Trinajstić information content (AvgIpc) is 3.81. The van der Waals surface area contributed by atoms with E-state index in [0.717, 1.165) is 14.5 Å². The van der Waals surface area contributed by atoms with Crippen LogP contribution in [-0.4, -0.2) is 9.13 Å². The van der Waals surface area contributed by atoms with Gasteiger partial charge >= 0.3 is 0 Å². The first-order valence-corrected chi connectivity index (χ1v) is 17.4. The third-order valence-corrected chi connectivity index (χ3v) is 13.4. The van der Waals surface area contributed by atoms with E-state index in [1.807, 2.05) is 50.3 Å². The normalized spacial score (nSPS) is 13.7. The maximum Gasteiger partial charge on any atom is 0.269 e. The molecule has 0 saturated heterocycles. The van der Waals surface area contributed by atoms with Crippen LogP contribution in [0.4, 0.5) is 0 Å². The van der Waals surface area contributed by atoms with Crippen LogP contribution >= 0.6 is 56.7 Å². The number of hydrogen-bond donors (Lipinski definition) is 0. The van der Waals surface area contributed by atoms with Gasteiger partial charge in [0.15, 0.2) is 11.1 Å². The van der Waals surface area contributed by atoms with Crippen molar-refractivity contribution < 1.29 is 0 Å². The van der Waals surface area contributed by atoms with Crippen molar-refractivity contribution in [1.82, 2.24) is 9.13 Å². The van der Waals surface area contributed by atoms with E-state index in [-0.39, 0.29) is 27.7 Å². The van der Waals surface area contributed by atoms with E-state index >= 15 is 0 Å². The second-order valence-corrected chi connectivity index (χ2v) is 15.6. The highest BCUT2D eigenvalue weighted by Gasteiger charge is 2.41. The Morgan fingerprint density at radius 1 is 0.750 bits per heavy atom. The molecule has 5 heterocycles. The molecule has 44 heavy (non-hydrogen) atoms. The zero-order valence-corrected chi connectivity index (χ0v) is 27.8. The van der Waals surface area contributed by atoms with Gasteiger partial charge in [-0.15, -0.1) is 56.7 Å². The number of fused-ring (bicyclic) bond motifs is 5. The summed E-state index contributed by atoms with van der Waals surface area (Å²) in [5, 5.41) is 37.4. The first kappa shape index (κ1) is 29.7. The first-order valence-electron chi connectivity index (χ1n) is 13.3. The van der Waals surface area contributed by atoms with E-state index in [1.54, 1.807) is 34.0 Å². The molecule has 5 aromatic rings. The van der Waals surface area contributed by atoms with Crippen molar-refractivity contribution in [1.29, 1.82) is 21.0 Å². The van der Waals surface area contributed by atoms with Crippen LogP contribution in [0.15, 0.2) is 21.7 Å². The van der Waals surface area contributed by atoms with Crippen LogP contribution in [0.25, 0.3) is 42.5 Å². The molecule has 0 spiro atoms. The maximum atomic E-state index is 13.1. The van der Waals surface area contributed by atoms with Crippen molar-refractivity contribution in [3.05, 3.63) is 72.1 Å². The van der Waals surface area contributed by atoms with Crippen molar-refractivity contribution in [3.63, 3.8) is 0 Å². The Bertz CT molecular complexity index is 2570. The van der Waals surface area contributed by atoms with Gasteiger partial charge in [0, 0.05) is 37.8 Å². The lowest BCUT2D eigenvalue weighted by Crippen LogP contribution is -2.31. The summed E-state index contributed by atoms with van der Waals surface area (Å²) in [5.41, 5.74) is 1.62.